The first-order valence-electron chi connectivity index (χ1n) is 11.1. The molecule has 35 heavy (non-hydrogen) atoms. The molecule has 9 heteroatoms. The molecule has 3 aromatic rings. The van der Waals surface area contributed by atoms with Gasteiger partial charge in [0.2, 0.25) is 0 Å². The van der Waals surface area contributed by atoms with E-state index in [-0.39, 0.29) is 25.0 Å². The van der Waals surface area contributed by atoms with Crippen molar-refractivity contribution in [2.75, 3.05) is 6.54 Å². The number of nitrogens with zero attached hydrogens (tertiary/aromatic N) is 1. The molecule has 1 aromatic heterocycles. The van der Waals surface area contributed by atoms with Gasteiger partial charge in [0.1, 0.15) is 11.9 Å². The third kappa shape index (κ3) is 7.30. The highest BCUT2D eigenvalue weighted by Gasteiger charge is 2.30. The van der Waals surface area contributed by atoms with E-state index in [1.165, 1.54) is 12.1 Å². The number of carboxylic acids is 1. The number of hydrogen-bond acceptors (Lipinski definition) is 4. The second kappa shape index (κ2) is 11.5. The molecule has 0 aliphatic heterocycles. The second-order valence-corrected chi connectivity index (χ2v) is 7.87. The first-order chi connectivity index (χ1) is 16.7. The fourth-order valence-corrected chi connectivity index (χ4v) is 3.39. The molecule has 0 spiro atoms. The van der Waals surface area contributed by atoms with Gasteiger partial charge in [-0.25, -0.2) is 0 Å². The summed E-state index contributed by atoms with van der Waals surface area (Å²) in [6.07, 6.45) is -1.64. The lowest BCUT2D eigenvalue weighted by Crippen LogP contribution is -2.25. The van der Waals surface area contributed by atoms with Crippen LogP contribution in [0.2, 0.25) is 0 Å². The van der Waals surface area contributed by atoms with E-state index in [0.29, 0.717) is 29.0 Å². The van der Waals surface area contributed by atoms with Crippen molar-refractivity contribution in [3.05, 3.63) is 83.6 Å². The zero-order chi connectivity index (χ0) is 25.4. The molecule has 2 aromatic carbocycles. The molecule has 0 saturated heterocycles. The number of aromatic nitrogens is 1. The molecule has 1 heterocycles. The lowest BCUT2D eigenvalue weighted by Gasteiger charge is -2.19. The number of carboxylic acid groups (broad SMARTS) is 1. The van der Waals surface area contributed by atoms with Crippen molar-refractivity contribution in [1.29, 1.82) is 0 Å². The van der Waals surface area contributed by atoms with Crippen LogP contribution in [0.3, 0.4) is 0 Å². The molecular weight excluding hydrogens is 461 g/mol. The number of pyridine rings is 1. The van der Waals surface area contributed by atoms with Crippen molar-refractivity contribution >= 4 is 11.9 Å². The first kappa shape index (κ1) is 25.7. The van der Waals surface area contributed by atoms with Crippen LogP contribution in [0.1, 0.15) is 53.8 Å². The van der Waals surface area contributed by atoms with Crippen LogP contribution in [0.4, 0.5) is 13.2 Å². The van der Waals surface area contributed by atoms with Gasteiger partial charge in [-0.2, -0.15) is 13.2 Å². The number of ether oxygens (including phenoxy) is 1. The number of aliphatic carboxylic acids is 1. The van der Waals surface area contributed by atoms with Crippen LogP contribution < -0.4 is 10.1 Å². The smallest absolute Gasteiger partial charge is 0.416 e. The number of hydrogen-bond donors (Lipinski definition) is 2. The Bertz CT molecular complexity index is 1130. The Labute approximate surface area is 200 Å². The summed E-state index contributed by atoms with van der Waals surface area (Å²) in [6.45, 7) is 2.06. The maximum Gasteiger partial charge on any atom is 0.416 e. The van der Waals surface area contributed by atoms with Crippen molar-refractivity contribution in [3.63, 3.8) is 0 Å². The van der Waals surface area contributed by atoms with Crippen molar-refractivity contribution in [1.82, 2.24) is 10.3 Å². The number of benzene rings is 2. The Morgan fingerprint density at radius 2 is 1.71 bits per heavy atom. The average Bonchev–Trinajstić information content (AvgIpc) is 2.83. The Kier molecular flexibility index (Phi) is 8.46. The fourth-order valence-electron chi connectivity index (χ4n) is 3.39. The molecule has 0 saturated carbocycles. The van der Waals surface area contributed by atoms with E-state index in [1.807, 2.05) is 13.0 Å². The van der Waals surface area contributed by atoms with E-state index >= 15 is 0 Å². The van der Waals surface area contributed by atoms with Gasteiger partial charge in [0.25, 0.3) is 5.91 Å². The molecule has 0 radical (unpaired) electrons. The number of carbonyl (C=O) groups is 2. The molecule has 1 unspecified atom stereocenters. The minimum atomic E-state index is -4.39. The molecule has 0 aliphatic rings. The summed E-state index contributed by atoms with van der Waals surface area (Å²) in [6, 6.07) is 15.0. The number of halogens is 3. The van der Waals surface area contributed by atoms with Crippen LogP contribution in [0.5, 0.6) is 5.75 Å². The lowest BCUT2D eigenvalue weighted by molar-refractivity contribution is -0.138. The highest BCUT2D eigenvalue weighted by atomic mass is 19.4. The highest BCUT2D eigenvalue weighted by molar-refractivity contribution is 5.94. The maximum atomic E-state index is 12.8. The van der Waals surface area contributed by atoms with Gasteiger partial charge in [-0.15, -0.1) is 0 Å². The lowest BCUT2D eigenvalue weighted by atomic mass is 10.0. The molecule has 0 fully saturated rings. The van der Waals surface area contributed by atoms with E-state index < -0.39 is 17.7 Å². The number of rotatable bonds is 10. The average molecular weight is 486 g/mol. The largest absolute Gasteiger partial charge is 0.486 e. The molecule has 1 amide bonds. The van der Waals surface area contributed by atoms with Gasteiger partial charge in [0, 0.05) is 29.4 Å². The topological polar surface area (TPSA) is 88.5 Å². The monoisotopic (exact) mass is 486 g/mol. The van der Waals surface area contributed by atoms with Crippen LogP contribution in [0.15, 0.2) is 66.9 Å². The number of amides is 1. The minimum Gasteiger partial charge on any atom is -0.486 e. The summed E-state index contributed by atoms with van der Waals surface area (Å²) in [5.74, 6) is -0.804. The standard InChI is InChI=1S/C26H25F3N2O4/c1-2-3-23(35-21-11-6-18(7-12-21)25(34)30-15-14-24(32)33)19-8-13-22(31-16-19)17-4-9-20(10-5-17)26(27,28)29/h4-13,16,23H,2-3,14-15H2,1H3,(H,30,34)(H,32,33). The van der Waals surface area contributed by atoms with Crippen molar-refractivity contribution in [2.45, 2.75) is 38.5 Å². The van der Waals surface area contributed by atoms with Crippen LogP contribution >= 0.6 is 0 Å². The summed E-state index contributed by atoms with van der Waals surface area (Å²) in [7, 11) is 0. The third-order valence-electron chi connectivity index (χ3n) is 5.24. The van der Waals surface area contributed by atoms with Crippen LogP contribution in [-0.4, -0.2) is 28.5 Å². The van der Waals surface area contributed by atoms with E-state index in [4.69, 9.17) is 9.84 Å². The summed E-state index contributed by atoms with van der Waals surface area (Å²) < 4.78 is 44.5. The Balaban J connectivity index is 1.67. The van der Waals surface area contributed by atoms with Gasteiger partial charge in [0.15, 0.2) is 0 Å². The molecule has 3 rings (SSSR count). The predicted octanol–water partition coefficient (Wildman–Crippen LogP) is 5.89. The third-order valence-corrected chi connectivity index (χ3v) is 5.24. The molecule has 184 valence electrons. The number of alkyl halides is 3. The Hall–Kier alpha value is -3.88. The Morgan fingerprint density at radius 1 is 1.03 bits per heavy atom. The predicted molar refractivity (Wildman–Crippen MR) is 124 cm³/mol. The number of carbonyl (C=O) groups excluding carboxylic acids is 1. The van der Waals surface area contributed by atoms with Crippen LogP contribution in [-0.2, 0) is 11.0 Å². The maximum absolute atomic E-state index is 12.8. The van der Waals surface area contributed by atoms with Gasteiger partial charge in [-0.05, 0) is 48.9 Å². The molecule has 6 nitrogen and oxygen atoms in total. The Morgan fingerprint density at radius 3 is 2.26 bits per heavy atom. The van der Waals surface area contributed by atoms with Gasteiger partial charge < -0.3 is 15.2 Å². The second-order valence-electron chi connectivity index (χ2n) is 7.87. The van der Waals surface area contributed by atoms with Gasteiger partial charge in [0.05, 0.1) is 17.7 Å². The fraction of sp³-hybridized carbons (Fsp3) is 0.269. The highest BCUT2D eigenvalue weighted by Crippen LogP contribution is 2.31. The molecule has 2 N–H and O–H groups in total. The van der Waals surface area contributed by atoms with E-state index in [9.17, 15) is 22.8 Å². The SMILES string of the molecule is CCCC(Oc1ccc(C(=O)NCCC(=O)O)cc1)c1ccc(-c2ccc(C(F)(F)F)cc2)nc1. The summed E-state index contributed by atoms with van der Waals surface area (Å²) in [5.41, 5.74) is 1.62. The van der Waals surface area contributed by atoms with E-state index in [1.54, 1.807) is 36.5 Å². The first-order valence-corrected chi connectivity index (χ1v) is 11.1. The van der Waals surface area contributed by atoms with Crippen molar-refractivity contribution < 1.29 is 32.6 Å². The van der Waals surface area contributed by atoms with Crippen LogP contribution in [0.25, 0.3) is 11.3 Å². The zero-order valence-corrected chi connectivity index (χ0v) is 19.0. The van der Waals surface area contributed by atoms with Crippen molar-refractivity contribution in [3.8, 4) is 17.0 Å². The molecule has 0 bridgehead atoms. The zero-order valence-electron chi connectivity index (χ0n) is 19.0. The summed E-state index contributed by atoms with van der Waals surface area (Å²) in [5, 5.41) is 11.2. The van der Waals surface area contributed by atoms with Gasteiger partial charge in [-0.3, -0.25) is 14.6 Å². The summed E-state index contributed by atoms with van der Waals surface area (Å²) >= 11 is 0. The molecule has 0 aliphatic carbocycles. The molecule has 1 atom stereocenters. The number of nitrogens with one attached hydrogen (secondary N) is 1. The van der Waals surface area contributed by atoms with Gasteiger partial charge >= 0.3 is 12.1 Å². The molecular formula is C26H25F3N2O4. The normalized spacial score (nSPS) is 12.1. The van der Waals surface area contributed by atoms with E-state index in [0.717, 1.165) is 24.1 Å². The summed E-state index contributed by atoms with van der Waals surface area (Å²) in [4.78, 5) is 27.1. The van der Waals surface area contributed by atoms with Crippen molar-refractivity contribution in [2.24, 2.45) is 0 Å². The van der Waals surface area contributed by atoms with E-state index in [2.05, 4.69) is 10.3 Å². The quantitative estimate of drug-likeness (QED) is 0.373. The van der Waals surface area contributed by atoms with Crippen LogP contribution in [0, 0.1) is 0 Å². The minimum absolute atomic E-state index is 0.0421. The van der Waals surface area contributed by atoms with Gasteiger partial charge in [-0.1, -0.05) is 31.5 Å².